The third-order valence-corrected chi connectivity index (χ3v) is 3.62. The molecule has 19 heavy (non-hydrogen) atoms. The molecule has 0 amide bonds. The molecule has 0 aliphatic carbocycles. The zero-order valence-corrected chi connectivity index (χ0v) is 11.3. The molecule has 1 aromatic carbocycles. The lowest BCUT2D eigenvalue weighted by Gasteiger charge is -2.26. The van der Waals surface area contributed by atoms with E-state index >= 15 is 0 Å². The number of benzene rings is 1. The summed E-state index contributed by atoms with van der Waals surface area (Å²) in [5.41, 5.74) is 3.50. The van der Waals surface area contributed by atoms with E-state index in [1.807, 2.05) is 18.2 Å². The van der Waals surface area contributed by atoms with Crippen LogP contribution in [0.2, 0.25) is 0 Å². The molecule has 0 atom stereocenters. The summed E-state index contributed by atoms with van der Waals surface area (Å²) >= 11 is 0. The summed E-state index contributed by atoms with van der Waals surface area (Å²) < 4.78 is 0. The van der Waals surface area contributed by atoms with Crippen LogP contribution in [0.3, 0.4) is 0 Å². The number of imidazole rings is 1. The van der Waals surface area contributed by atoms with Crippen molar-refractivity contribution in [3.8, 4) is 11.4 Å². The maximum absolute atomic E-state index is 4.76. The van der Waals surface area contributed by atoms with Crippen molar-refractivity contribution in [2.24, 2.45) is 0 Å². The normalized spacial score (nSPS) is 16.7. The van der Waals surface area contributed by atoms with Crippen LogP contribution in [0.25, 0.3) is 11.4 Å². The second-order valence-corrected chi connectivity index (χ2v) is 5.05. The van der Waals surface area contributed by atoms with Gasteiger partial charge in [-0.15, -0.1) is 0 Å². The first-order chi connectivity index (χ1) is 9.33. The minimum absolute atomic E-state index is 0.941. The molecule has 100 valence electrons. The summed E-state index contributed by atoms with van der Waals surface area (Å²) in [4.78, 5) is 10.6. The van der Waals surface area contributed by atoms with Crippen LogP contribution in [0, 0.1) is 6.92 Å². The Morgan fingerprint density at radius 1 is 1.16 bits per heavy atom. The summed E-state index contributed by atoms with van der Waals surface area (Å²) in [6.45, 7) is 7.41. The highest BCUT2D eigenvalue weighted by Gasteiger charge is 2.14. The predicted octanol–water partition coefficient (Wildman–Crippen LogP) is 1.79. The predicted molar refractivity (Wildman–Crippen MR) is 76.9 cm³/mol. The van der Waals surface area contributed by atoms with E-state index in [1.54, 1.807) is 0 Å². The Morgan fingerprint density at radius 2 is 1.89 bits per heavy atom. The van der Waals surface area contributed by atoms with E-state index in [-0.39, 0.29) is 0 Å². The van der Waals surface area contributed by atoms with Crippen LogP contribution in [0.1, 0.15) is 11.4 Å². The number of H-pyrrole nitrogens is 1. The van der Waals surface area contributed by atoms with Crippen molar-refractivity contribution in [1.82, 2.24) is 20.2 Å². The minimum Gasteiger partial charge on any atom is -0.342 e. The zero-order chi connectivity index (χ0) is 13.1. The van der Waals surface area contributed by atoms with Gasteiger partial charge in [-0.05, 0) is 6.92 Å². The molecule has 0 unspecified atom stereocenters. The van der Waals surface area contributed by atoms with Gasteiger partial charge >= 0.3 is 0 Å². The van der Waals surface area contributed by atoms with Gasteiger partial charge in [0.1, 0.15) is 5.82 Å². The fourth-order valence-electron chi connectivity index (χ4n) is 2.46. The largest absolute Gasteiger partial charge is 0.342 e. The first-order valence-electron chi connectivity index (χ1n) is 6.87. The van der Waals surface area contributed by atoms with E-state index in [9.17, 15) is 0 Å². The van der Waals surface area contributed by atoms with E-state index in [1.165, 1.54) is 11.4 Å². The standard InChI is InChI=1S/C15H20N4/c1-12-14(11-19-9-7-16-8-10-19)18-15(17-12)13-5-3-2-4-6-13/h2-6,16H,7-11H2,1H3,(H,17,18). The molecular weight excluding hydrogens is 236 g/mol. The molecule has 1 aromatic heterocycles. The Hall–Kier alpha value is -1.65. The molecule has 4 nitrogen and oxygen atoms in total. The average Bonchev–Trinajstić information content (AvgIpc) is 2.82. The maximum Gasteiger partial charge on any atom is 0.137 e. The van der Waals surface area contributed by atoms with Crippen LogP contribution < -0.4 is 5.32 Å². The van der Waals surface area contributed by atoms with E-state index in [0.717, 1.165) is 44.1 Å². The number of aryl methyl sites for hydroxylation is 1. The van der Waals surface area contributed by atoms with Crippen LogP contribution in [-0.4, -0.2) is 41.0 Å². The van der Waals surface area contributed by atoms with Gasteiger partial charge in [0.05, 0.1) is 5.69 Å². The topological polar surface area (TPSA) is 44.0 Å². The van der Waals surface area contributed by atoms with Crippen LogP contribution in [0.4, 0.5) is 0 Å². The van der Waals surface area contributed by atoms with Crippen molar-refractivity contribution >= 4 is 0 Å². The Bertz CT molecular complexity index is 526. The first-order valence-corrected chi connectivity index (χ1v) is 6.87. The minimum atomic E-state index is 0.941. The number of nitrogens with zero attached hydrogens (tertiary/aromatic N) is 2. The molecule has 0 bridgehead atoms. The fourth-order valence-corrected chi connectivity index (χ4v) is 2.46. The molecule has 3 rings (SSSR count). The molecule has 2 N–H and O–H groups in total. The van der Waals surface area contributed by atoms with Crippen LogP contribution >= 0.6 is 0 Å². The average molecular weight is 256 g/mol. The summed E-state index contributed by atoms with van der Waals surface area (Å²) in [7, 11) is 0. The monoisotopic (exact) mass is 256 g/mol. The van der Waals surface area contributed by atoms with Gasteiger partial charge in [-0.1, -0.05) is 30.3 Å². The summed E-state index contributed by atoms with van der Waals surface area (Å²) in [6.07, 6.45) is 0. The van der Waals surface area contributed by atoms with Crippen molar-refractivity contribution in [2.75, 3.05) is 26.2 Å². The number of piperazine rings is 1. The second kappa shape index (κ2) is 5.55. The smallest absolute Gasteiger partial charge is 0.137 e. The first kappa shape index (κ1) is 12.4. The van der Waals surface area contributed by atoms with Gasteiger partial charge in [0.25, 0.3) is 0 Å². The molecule has 1 aliphatic rings. The SMILES string of the molecule is Cc1[nH]c(-c2ccccc2)nc1CN1CCNCC1. The molecule has 0 radical (unpaired) electrons. The van der Waals surface area contributed by atoms with Crippen molar-refractivity contribution in [2.45, 2.75) is 13.5 Å². The van der Waals surface area contributed by atoms with Gasteiger partial charge in [0, 0.05) is 44.0 Å². The molecular formula is C15H20N4. The van der Waals surface area contributed by atoms with Crippen LogP contribution in [0.5, 0.6) is 0 Å². The summed E-state index contributed by atoms with van der Waals surface area (Å²) in [5.74, 6) is 0.975. The van der Waals surface area contributed by atoms with Crippen LogP contribution in [-0.2, 0) is 6.54 Å². The Kier molecular flexibility index (Phi) is 3.62. The molecule has 0 saturated carbocycles. The van der Waals surface area contributed by atoms with Crippen LogP contribution in [0.15, 0.2) is 30.3 Å². The van der Waals surface area contributed by atoms with Crippen molar-refractivity contribution in [3.63, 3.8) is 0 Å². The Balaban J connectivity index is 1.77. The van der Waals surface area contributed by atoms with E-state index in [4.69, 9.17) is 4.98 Å². The third kappa shape index (κ3) is 2.85. The quantitative estimate of drug-likeness (QED) is 0.880. The van der Waals surface area contributed by atoms with Crippen molar-refractivity contribution < 1.29 is 0 Å². The molecule has 1 aliphatic heterocycles. The molecule has 2 heterocycles. The lowest BCUT2D eigenvalue weighted by molar-refractivity contribution is 0.230. The van der Waals surface area contributed by atoms with Gasteiger partial charge in [-0.2, -0.15) is 0 Å². The fraction of sp³-hybridized carbons (Fsp3) is 0.400. The number of aromatic amines is 1. The maximum atomic E-state index is 4.76. The number of hydrogen-bond acceptors (Lipinski definition) is 3. The third-order valence-electron chi connectivity index (χ3n) is 3.62. The summed E-state index contributed by atoms with van der Waals surface area (Å²) in [6, 6.07) is 10.3. The molecule has 1 fully saturated rings. The van der Waals surface area contributed by atoms with Gasteiger partial charge in [0.2, 0.25) is 0 Å². The molecule has 0 spiro atoms. The molecule has 4 heteroatoms. The molecule has 2 aromatic rings. The Morgan fingerprint density at radius 3 is 2.63 bits per heavy atom. The highest BCUT2D eigenvalue weighted by atomic mass is 15.2. The highest BCUT2D eigenvalue weighted by molar-refractivity contribution is 5.55. The summed E-state index contributed by atoms with van der Waals surface area (Å²) in [5, 5.41) is 3.38. The highest BCUT2D eigenvalue weighted by Crippen LogP contribution is 2.18. The van der Waals surface area contributed by atoms with E-state index in [2.05, 4.69) is 34.3 Å². The van der Waals surface area contributed by atoms with E-state index in [0.29, 0.717) is 0 Å². The number of aromatic nitrogens is 2. The van der Waals surface area contributed by atoms with Gasteiger partial charge in [-0.25, -0.2) is 4.98 Å². The van der Waals surface area contributed by atoms with Gasteiger partial charge in [0.15, 0.2) is 0 Å². The second-order valence-electron chi connectivity index (χ2n) is 5.05. The lowest BCUT2D eigenvalue weighted by Crippen LogP contribution is -2.43. The molecule has 1 saturated heterocycles. The van der Waals surface area contributed by atoms with Gasteiger partial charge < -0.3 is 10.3 Å². The van der Waals surface area contributed by atoms with E-state index < -0.39 is 0 Å². The number of hydrogen-bond donors (Lipinski definition) is 2. The van der Waals surface area contributed by atoms with Crippen molar-refractivity contribution in [3.05, 3.63) is 41.7 Å². The number of nitrogens with one attached hydrogen (secondary N) is 2. The Labute approximate surface area is 113 Å². The van der Waals surface area contributed by atoms with Crippen molar-refractivity contribution in [1.29, 1.82) is 0 Å². The number of rotatable bonds is 3. The van der Waals surface area contributed by atoms with Gasteiger partial charge in [-0.3, -0.25) is 4.90 Å². The lowest BCUT2D eigenvalue weighted by atomic mass is 10.2. The zero-order valence-electron chi connectivity index (χ0n) is 11.3.